The average Bonchev–Trinajstić information content (AvgIpc) is 2.43. The highest BCUT2D eigenvalue weighted by Crippen LogP contribution is 2.23. The number of aliphatic hydroxyl groups is 4. The molecule has 1 heterocycles. The summed E-state index contributed by atoms with van der Waals surface area (Å²) in [4.78, 5) is 0. The van der Waals surface area contributed by atoms with Gasteiger partial charge in [0.1, 0.15) is 24.4 Å². The van der Waals surface area contributed by atoms with E-state index in [1.807, 2.05) is 24.3 Å². The van der Waals surface area contributed by atoms with Gasteiger partial charge in [0.25, 0.3) is 0 Å². The maximum atomic E-state index is 9.91. The summed E-state index contributed by atoms with van der Waals surface area (Å²) in [5, 5.41) is 38.4. The Hall–Kier alpha value is -0.290. The molecule has 0 bridgehead atoms. The highest BCUT2D eigenvalue weighted by atomic mass is 127. The number of halogens is 1. The Morgan fingerprint density at radius 1 is 1.20 bits per heavy atom. The van der Waals surface area contributed by atoms with Gasteiger partial charge in [-0.3, -0.25) is 0 Å². The molecule has 1 saturated heterocycles. The van der Waals surface area contributed by atoms with Gasteiger partial charge in [-0.15, -0.1) is 0 Å². The van der Waals surface area contributed by atoms with E-state index in [0.29, 0.717) is 0 Å². The number of rotatable bonds is 4. The van der Waals surface area contributed by atoms with Gasteiger partial charge in [-0.05, 0) is 40.3 Å². The van der Waals surface area contributed by atoms with E-state index in [1.165, 1.54) is 0 Å². The monoisotopic (exact) mass is 396 g/mol. The molecular formula is C13H17IO6. The lowest BCUT2D eigenvalue weighted by atomic mass is 9.99. The summed E-state index contributed by atoms with van der Waals surface area (Å²) in [6.45, 7) is -0.311. The van der Waals surface area contributed by atoms with Crippen LogP contribution in [0.1, 0.15) is 5.56 Å². The van der Waals surface area contributed by atoms with E-state index in [4.69, 9.17) is 14.6 Å². The van der Waals surface area contributed by atoms with Crippen molar-refractivity contribution >= 4 is 22.6 Å². The molecule has 0 radical (unpaired) electrons. The molecule has 4 N–H and O–H groups in total. The van der Waals surface area contributed by atoms with Crippen LogP contribution in [0.25, 0.3) is 0 Å². The van der Waals surface area contributed by atoms with Gasteiger partial charge < -0.3 is 29.9 Å². The summed E-state index contributed by atoms with van der Waals surface area (Å²) in [5.41, 5.74) is 0.884. The van der Waals surface area contributed by atoms with Crippen LogP contribution < -0.4 is 0 Å². The SMILES string of the molecule is OC[C@H]1O[C@@H](O)[C@H](OCc2cccc(I)c2)[C@@H](O)[C@@H]1O. The van der Waals surface area contributed by atoms with E-state index in [9.17, 15) is 15.3 Å². The lowest BCUT2D eigenvalue weighted by Gasteiger charge is -2.39. The van der Waals surface area contributed by atoms with Crippen LogP contribution in [-0.4, -0.2) is 57.7 Å². The van der Waals surface area contributed by atoms with Gasteiger partial charge in [-0.25, -0.2) is 0 Å². The Bertz CT molecular complexity index is 443. The standard InChI is InChI=1S/C13H17IO6/c14-8-3-1-2-7(4-8)6-19-12-11(17)10(16)9(5-15)20-13(12)18/h1-4,9-13,15-18H,5-6H2/t9-,10-,11+,12-,13-/m1/s1. The van der Waals surface area contributed by atoms with Crippen LogP contribution in [0.2, 0.25) is 0 Å². The lowest BCUT2D eigenvalue weighted by molar-refractivity contribution is -0.298. The molecule has 0 amide bonds. The molecular weight excluding hydrogens is 379 g/mol. The number of ether oxygens (including phenoxy) is 2. The first-order valence-electron chi connectivity index (χ1n) is 6.19. The van der Waals surface area contributed by atoms with Gasteiger partial charge in [0.2, 0.25) is 0 Å². The lowest BCUT2D eigenvalue weighted by Crippen LogP contribution is -2.59. The molecule has 5 atom stereocenters. The molecule has 1 aromatic carbocycles. The van der Waals surface area contributed by atoms with Gasteiger partial charge in [0.05, 0.1) is 13.2 Å². The molecule has 1 aliphatic rings. The minimum Gasteiger partial charge on any atom is -0.394 e. The topological polar surface area (TPSA) is 99.4 Å². The first kappa shape index (κ1) is 16.1. The fraction of sp³-hybridized carbons (Fsp3) is 0.538. The molecule has 112 valence electrons. The molecule has 0 aliphatic carbocycles. The van der Waals surface area contributed by atoms with Gasteiger partial charge in [-0.2, -0.15) is 0 Å². The maximum absolute atomic E-state index is 9.91. The maximum Gasteiger partial charge on any atom is 0.184 e. The van der Waals surface area contributed by atoms with Crippen molar-refractivity contribution in [2.24, 2.45) is 0 Å². The van der Waals surface area contributed by atoms with Crippen LogP contribution in [-0.2, 0) is 16.1 Å². The zero-order chi connectivity index (χ0) is 14.7. The zero-order valence-electron chi connectivity index (χ0n) is 10.6. The van der Waals surface area contributed by atoms with E-state index in [1.54, 1.807) is 0 Å². The number of hydrogen-bond donors (Lipinski definition) is 4. The molecule has 0 spiro atoms. The van der Waals surface area contributed by atoms with Gasteiger partial charge >= 0.3 is 0 Å². The third-order valence-electron chi connectivity index (χ3n) is 3.17. The molecule has 2 rings (SSSR count). The summed E-state index contributed by atoms with van der Waals surface area (Å²) in [5.74, 6) is 0. The van der Waals surface area contributed by atoms with Crippen molar-refractivity contribution in [3.8, 4) is 0 Å². The predicted octanol–water partition coefficient (Wildman–Crippen LogP) is -0.392. The predicted molar refractivity (Wildman–Crippen MR) is 77.7 cm³/mol. The van der Waals surface area contributed by atoms with E-state index in [0.717, 1.165) is 9.13 Å². The molecule has 1 aliphatic heterocycles. The van der Waals surface area contributed by atoms with Crippen molar-refractivity contribution in [3.05, 3.63) is 33.4 Å². The minimum absolute atomic E-state index is 0.176. The van der Waals surface area contributed by atoms with Crippen molar-refractivity contribution in [2.75, 3.05) is 6.61 Å². The van der Waals surface area contributed by atoms with E-state index in [-0.39, 0.29) is 6.61 Å². The summed E-state index contributed by atoms with van der Waals surface area (Å²) in [6.07, 6.45) is -6.10. The van der Waals surface area contributed by atoms with E-state index >= 15 is 0 Å². The fourth-order valence-electron chi connectivity index (χ4n) is 2.07. The second-order valence-electron chi connectivity index (χ2n) is 4.63. The van der Waals surface area contributed by atoms with Crippen molar-refractivity contribution in [1.29, 1.82) is 0 Å². The second-order valence-corrected chi connectivity index (χ2v) is 5.88. The fourth-order valence-corrected chi connectivity index (χ4v) is 2.68. The molecule has 1 aromatic rings. The highest BCUT2D eigenvalue weighted by Gasteiger charge is 2.44. The first-order chi connectivity index (χ1) is 9.52. The molecule has 6 nitrogen and oxygen atoms in total. The molecule has 20 heavy (non-hydrogen) atoms. The first-order valence-corrected chi connectivity index (χ1v) is 7.27. The summed E-state index contributed by atoms with van der Waals surface area (Å²) in [7, 11) is 0. The second kappa shape index (κ2) is 7.12. The third kappa shape index (κ3) is 3.67. The van der Waals surface area contributed by atoms with Crippen molar-refractivity contribution in [3.63, 3.8) is 0 Å². The highest BCUT2D eigenvalue weighted by molar-refractivity contribution is 14.1. The van der Waals surface area contributed by atoms with Gasteiger partial charge in [-0.1, -0.05) is 12.1 Å². The molecule has 0 aromatic heterocycles. The number of hydrogen-bond acceptors (Lipinski definition) is 6. The van der Waals surface area contributed by atoms with Crippen LogP contribution >= 0.6 is 22.6 Å². The van der Waals surface area contributed by atoms with Gasteiger partial charge in [0, 0.05) is 3.57 Å². The summed E-state index contributed by atoms with van der Waals surface area (Å²) < 4.78 is 11.5. The quantitative estimate of drug-likeness (QED) is 0.518. The summed E-state index contributed by atoms with van der Waals surface area (Å²) in [6, 6.07) is 7.59. The molecule has 7 heteroatoms. The van der Waals surface area contributed by atoms with Crippen LogP contribution in [0.15, 0.2) is 24.3 Å². The average molecular weight is 396 g/mol. The van der Waals surface area contributed by atoms with Crippen LogP contribution in [0.4, 0.5) is 0 Å². The van der Waals surface area contributed by atoms with Crippen LogP contribution in [0.3, 0.4) is 0 Å². The smallest absolute Gasteiger partial charge is 0.184 e. The van der Waals surface area contributed by atoms with Crippen LogP contribution in [0.5, 0.6) is 0 Å². The van der Waals surface area contributed by atoms with E-state index in [2.05, 4.69) is 22.6 Å². The van der Waals surface area contributed by atoms with Gasteiger partial charge in [0.15, 0.2) is 6.29 Å². The Morgan fingerprint density at radius 3 is 2.60 bits per heavy atom. The Labute approximate surface area is 130 Å². The minimum atomic E-state index is -1.40. The molecule has 1 fully saturated rings. The summed E-state index contributed by atoms with van der Waals surface area (Å²) >= 11 is 2.17. The van der Waals surface area contributed by atoms with Crippen LogP contribution in [0, 0.1) is 3.57 Å². The number of aliphatic hydroxyl groups excluding tert-OH is 4. The van der Waals surface area contributed by atoms with Crippen molar-refractivity contribution in [1.82, 2.24) is 0 Å². The molecule has 0 saturated carbocycles. The molecule has 0 unspecified atom stereocenters. The van der Waals surface area contributed by atoms with E-state index < -0.39 is 37.3 Å². The Morgan fingerprint density at radius 2 is 1.95 bits per heavy atom. The van der Waals surface area contributed by atoms with Crippen molar-refractivity contribution in [2.45, 2.75) is 37.3 Å². The van der Waals surface area contributed by atoms with Crippen molar-refractivity contribution < 1.29 is 29.9 Å². The third-order valence-corrected chi connectivity index (χ3v) is 3.85. The zero-order valence-corrected chi connectivity index (χ0v) is 12.8. The Kier molecular flexibility index (Phi) is 5.73. The largest absolute Gasteiger partial charge is 0.394 e. The number of benzene rings is 1. The normalized spacial score (nSPS) is 34.1. The Balaban J connectivity index is 1.98.